The summed E-state index contributed by atoms with van der Waals surface area (Å²) in [5, 5.41) is 2.71. The first-order chi connectivity index (χ1) is 3.39. The lowest BCUT2D eigenvalue weighted by Crippen LogP contribution is -2.28. The van der Waals surface area contributed by atoms with E-state index in [4.69, 9.17) is 0 Å². The van der Waals surface area contributed by atoms with Crippen LogP contribution in [0.1, 0.15) is 12.8 Å². The number of hydrogen-bond donors (Lipinski definition) is 1. The van der Waals surface area contributed by atoms with Gasteiger partial charge in [0.25, 0.3) is 0 Å². The van der Waals surface area contributed by atoms with Crippen LogP contribution in [0.15, 0.2) is 0 Å². The summed E-state index contributed by atoms with van der Waals surface area (Å²) in [6.45, 7) is 0.832. The van der Waals surface area contributed by atoms with Crippen LogP contribution in [-0.4, -0.2) is 12.5 Å². The van der Waals surface area contributed by atoms with Gasteiger partial charge in [0, 0.05) is 13.0 Å². The van der Waals surface area contributed by atoms with Crippen molar-refractivity contribution in [3.8, 4) is 0 Å². The third-order valence-electron chi connectivity index (χ3n) is 1.00. The summed E-state index contributed by atoms with van der Waals surface area (Å²) >= 11 is 0. The molecule has 1 fully saturated rings. The molecule has 1 saturated heterocycles. The fourth-order valence-electron chi connectivity index (χ4n) is 0.619. The van der Waals surface area contributed by atoms with Gasteiger partial charge in [0.15, 0.2) is 0 Å². The van der Waals surface area contributed by atoms with Crippen molar-refractivity contribution in [2.24, 2.45) is 0 Å². The summed E-state index contributed by atoms with van der Waals surface area (Å²) in [5.41, 5.74) is 0. The molecule has 0 aromatic carbocycles. The Bertz CT molecular complexity index is 72.1. The maximum absolute atomic E-state index is 10.3. The van der Waals surface area contributed by atoms with E-state index in [0.29, 0.717) is 6.42 Å². The Morgan fingerprint density at radius 3 is 2.86 bits per heavy atom. The van der Waals surface area contributed by atoms with Crippen LogP contribution in [0.4, 0.5) is 0 Å². The molecule has 0 atom stereocenters. The van der Waals surface area contributed by atoms with Crippen LogP contribution >= 0.6 is 0 Å². The molecule has 1 rings (SSSR count). The van der Waals surface area contributed by atoms with E-state index >= 15 is 0 Å². The number of hydrogen-bond acceptors (Lipinski definition) is 1. The van der Waals surface area contributed by atoms with E-state index in [1.165, 1.54) is 0 Å². The summed E-state index contributed by atoms with van der Waals surface area (Å²) in [6.07, 6.45) is 3.64. The molecule has 1 aliphatic rings. The Morgan fingerprint density at radius 1 is 1.71 bits per heavy atom. The Labute approximate surface area is 42.9 Å². The highest BCUT2D eigenvalue weighted by Crippen LogP contribution is 1.96. The molecule has 39 valence electrons. The molecule has 2 heteroatoms. The van der Waals surface area contributed by atoms with Gasteiger partial charge in [-0.2, -0.15) is 0 Å². The first-order valence-corrected chi connectivity index (χ1v) is 2.48. The van der Waals surface area contributed by atoms with Crippen molar-refractivity contribution in [2.75, 3.05) is 6.54 Å². The van der Waals surface area contributed by atoms with Gasteiger partial charge >= 0.3 is 0 Å². The van der Waals surface area contributed by atoms with E-state index < -0.39 is 0 Å². The topological polar surface area (TPSA) is 29.1 Å². The summed E-state index contributed by atoms with van der Waals surface area (Å²) in [4.78, 5) is 10.3. The van der Waals surface area contributed by atoms with Crippen molar-refractivity contribution in [1.82, 2.24) is 5.32 Å². The normalized spacial score (nSPS) is 21.4. The zero-order valence-corrected chi connectivity index (χ0v) is 4.11. The van der Waals surface area contributed by atoms with Crippen LogP contribution in [0, 0.1) is 6.42 Å². The highest BCUT2D eigenvalue weighted by Gasteiger charge is 2.04. The Balaban J connectivity index is 2.25. The fraction of sp³-hybridized carbons (Fsp3) is 0.600. The molecule has 0 aliphatic carbocycles. The van der Waals surface area contributed by atoms with Crippen LogP contribution in [0.3, 0.4) is 0 Å². The molecule has 1 heterocycles. The van der Waals surface area contributed by atoms with Gasteiger partial charge in [-0.15, -0.1) is 0 Å². The summed E-state index contributed by atoms with van der Waals surface area (Å²) in [7, 11) is 0. The third kappa shape index (κ3) is 1.18. The summed E-state index contributed by atoms with van der Waals surface area (Å²) < 4.78 is 0. The first kappa shape index (κ1) is 4.62. The van der Waals surface area contributed by atoms with Crippen molar-refractivity contribution in [1.29, 1.82) is 0 Å². The predicted octanol–water partition coefficient (Wildman–Crippen LogP) is 0.101. The monoisotopic (exact) mass is 98.1 g/mol. The minimum Gasteiger partial charge on any atom is -0.356 e. The number of nitrogens with one attached hydrogen (secondary N) is 1. The van der Waals surface area contributed by atoms with Crippen molar-refractivity contribution in [3.05, 3.63) is 6.42 Å². The molecule has 0 bridgehead atoms. The van der Waals surface area contributed by atoms with Crippen molar-refractivity contribution < 1.29 is 4.79 Å². The second-order valence-corrected chi connectivity index (χ2v) is 1.63. The number of carbonyl (C=O) groups excluding carboxylic acids is 1. The molecule has 1 amide bonds. The first-order valence-electron chi connectivity index (χ1n) is 2.48. The van der Waals surface area contributed by atoms with Gasteiger partial charge in [-0.05, 0) is 12.8 Å². The molecule has 1 aliphatic heterocycles. The van der Waals surface area contributed by atoms with E-state index in [9.17, 15) is 4.79 Å². The van der Waals surface area contributed by atoms with E-state index in [1.807, 2.05) is 6.42 Å². The summed E-state index contributed by atoms with van der Waals surface area (Å²) in [5.74, 6) is 0.159. The minimum absolute atomic E-state index is 0.159. The highest BCUT2D eigenvalue weighted by molar-refractivity contribution is 5.77. The molecule has 0 unspecified atom stereocenters. The van der Waals surface area contributed by atoms with Gasteiger partial charge in [0.05, 0.1) is 0 Å². The Morgan fingerprint density at radius 2 is 2.57 bits per heavy atom. The lowest BCUT2D eigenvalue weighted by atomic mass is 10.2. The van der Waals surface area contributed by atoms with E-state index in [2.05, 4.69) is 5.32 Å². The summed E-state index contributed by atoms with van der Waals surface area (Å²) in [6, 6.07) is 0. The number of rotatable bonds is 0. The average molecular weight is 98.1 g/mol. The average Bonchev–Trinajstić information content (AvgIpc) is 1.69. The SMILES string of the molecule is O=C1C[CH]CCN1. The zero-order chi connectivity index (χ0) is 5.11. The predicted molar refractivity (Wildman–Crippen MR) is 26.5 cm³/mol. The van der Waals surface area contributed by atoms with E-state index in [-0.39, 0.29) is 5.91 Å². The van der Waals surface area contributed by atoms with Crippen LogP contribution < -0.4 is 5.32 Å². The molecule has 0 aromatic heterocycles. The molecular weight excluding hydrogens is 90.1 g/mol. The molecule has 1 radical (unpaired) electrons. The van der Waals surface area contributed by atoms with Gasteiger partial charge in [0.2, 0.25) is 5.91 Å². The standard InChI is InChI=1S/C5H8NO/c7-5-3-1-2-4-6-5/h1H,2-4H2,(H,6,7). The largest absolute Gasteiger partial charge is 0.356 e. The number of amides is 1. The smallest absolute Gasteiger partial charge is 0.220 e. The minimum atomic E-state index is 0.159. The lowest BCUT2D eigenvalue weighted by molar-refractivity contribution is -0.121. The molecule has 2 nitrogen and oxygen atoms in total. The van der Waals surface area contributed by atoms with E-state index in [1.54, 1.807) is 0 Å². The quantitative estimate of drug-likeness (QED) is 0.457. The fourth-order valence-corrected chi connectivity index (χ4v) is 0.619. The lowest BCUT2D eigenvalue weighted by Gasteiger charge is -2.08. The Kier molecular flexibility index (Phi) is 1.29. The maximum Gasteiger partial charge on any atom is 0.220 e. The maximum atomic E-state index is 10.3. The van der Waals surface area contributed by atoms with Crippen LogP contribution in [0.2, 0.25) is 0 Å². The van der Waals surface area contributed by atoms with Crippen LogP contribution in [0.25, 0.3) is 0 Å². The third-order valence-corrected chi connectivity index (χ3v) is 1.00. The zero-order valence-electron chi connectivity index (χ0n) is 4.11. The Hall–Kier alpha value is -0.530. The van der Waals surface area contributed by atoms with Crippen molar-refractivity contribution >= 4 is 5.91 Å². The molecule has 0 saturated carbocycles. The van der Waals surface area contributed by atoms with Crippen molar-refractivity contribution in [3.63, 3.8) is 0 Å². The molecular formula is C5H8NO. The second-order valence-electron chi connectivity index (χ2n) is 1.63. The molecule has 0 aromatic rings. The van der Waals surface area contributed by atoms with Gasteiger partial charge in [-0.3, -0.25) is 4.79 Å². The van der Waals surface area contributed by atoms with Crippen molar-refractivity contribution in [2.45, 2.75) is 12.8 Å². The van der Waals surface area contributed by atoms with Crippen LogP contribution in [0.5, 0.6) is 0 Å². The number of carbonyl (C=O) groups is 1. The number of piperidine rings is 1. The molecule has 1 N–H and O–H groups in total. The molecule has 7 heavy (non-hydrogen) atoms. The second kappa shape index (κ2) is 1.96. The van der Waals surface area contributed by atoms with Crippen LogP contribution in [-0.2, 0) is 4.79 Å². The van der Waals surface area contributed by atoms with Gasteiger partial charge in [-0.25, -0.2) is 0 Å². The van der Waals surface area contributed by atoms with E-state index in [0.717, 1.165) is 13.0 Å². The highest BCUT2D eigenvalue weighted by atomic mass is 16.1. The van der Waals surface area contributed by atoms with Gasteiger partial charge < -0.3 is 5.32 Å². The molecule has 0 spiro atoms. The van der Waals surface area contributed by atoms with Gasteiger partial charge in [-0.1, -0.05) is 0 Å². The van der Waals surface area contributed by atoms with Gasteiger partial charge in [0.1, 0.15) is 0 Å².